The summed E-state index contributed by atoms with van der Waals surface area (Å²) < 4.78 is 14.7. The Morgan fingerprint density at radius 2 is 1.63 bits per heavy atom. The van der Waals surface area contributed by atoms with Crippen molar-refractivity contribution in [2.45, 2.75) is 6.54 Å². The number of anilines is 1. The topological polar surface area (TPSA) is 71.3 Å². The van der Waals surface area contributed by atoms with E-state index in [2.05, 4.69) is 10.3 Å². The standard InChI is InChI=1S/C19H16FN5O2/c20-14-6-8-16(9-7-14)24-11-10-23(18(26)19(24)27)12-15-13-25(22-21-15)17-4-2-1-3-5-17/h1-9,13H,10-12H2. The first-order chi connectivity index (χ1) is 13.1. The van der Waals surface area contributed by atoms with Gasteiger partial charge in [-0.25, -0.2) is 9.07 Å². The van der Waals surface area contributed by atoms with E-state index in [1.807, 2.05) is 30.3 Å². The molecule has 2 aromatic carbocycles. The summed E-state index contributed by atoms with van der Waals surface area (Å²) in [4.78, 5) is 27.7. The predicted molar refractivity (Wildman–Crippen MR) is 95.5 cm³/mol. The molecule has 1 aliphatic heterocycles. The van der Waals surface area contributed by atoms with Crippen LogP contribution in [0.4, 0.5) is 10.1 Å². The molecule has 0 radical (unpaired) electrons. The minimum absolute atomic E-state index is 0.203. The number of hydrogen-bond donors (Lipinski definition) is 0. The van der Waals surface area contributed by atoms with Crippen molar-refractivity contribution in [2.24, 2.45) is 0 Å². The molecule has 3 aromatic rings. The Kier molecular flexibility index (Phi) is 4.37. The highest BCUT2D eigenvalue weighted by Crippen LogP contribution is 2.19. The summed E-state index contributed by atoms with van der Waals surface area (Å²) in [5.74, 6) is -1.64. The molecule has 27 heavy (non-hydrogen) atoms. The molecule has 2 heterocycles. The lowest BCUT2D eigenvalue weighted by molar-refractivity contribution is -0.146. The van der Waals surface area contributed by atoms with Crippen molar-refractivity contribution in [1.29, 1.82) is 0 Å². The molecule has 0 atom stereocenters. The molecule has 0 aliphatic carbocycles. The monoisotopic (exact) mass is 365 g/mol. The number of amides is 2. The maximum Gasteiger partial charge on any atom is 0.316 e. The average Bonchev–Trinajstić information content (AvgIpc) is 3.16. The Hall–Kier alpha value is -3.55. The van der Waals surface area contributed by atoms with Gasteiger partial charge in [0.25, 0.3) is 0 Å². The Labute approximate surface area is 154 Å². The third-order valence-electron chi connectivity index (χ3n) is 4.36. The fourth-order valence-corrected chi connectivity index (χ4v) is 2.97. The number of halogens is 1. The lowest BCUT2D eigenvalue weighted by Crippen LogP contribution is -2.54. The lowest BCUT2D eigenvalue weighted by Gasteiger charge is -2.33. The number of benzene rings is 2. The largest absolute Gasteiger partial charge is 0.327 e. The molecule has 0 N–H and O–H groups in total. The predicted octanol–water partition coefficient (Wildman–Crippen LogP) is 1.78. The molecule has 1 aromatic heterocycles. The highest BCUT2D eigenvalue weighted by Gasteiger charge is 2.33. The SMILES string of the molecule is O=C1C(=O)N(c2ccc(F)cc2)CCN1Cc1cn(-c2ccccc2)nn1. The molecule has 1 aliphatic rings. The van der Waals surface area contributed by atoms with E-state index in [9.17, 15) is 14.0 Å². The van der Waals surface area contributed by atoms with Crippen LogP contribution in [0.2, 0.25) is 0 Å². The molecule has 0 unspecified atom stereocenters. The highest BCUT2D eigenvalue weighted by atomic mass is 19.1. The molecule has 0 spiro atoms. The zero-order valence-electron chi connectivity index (χ0n) is 14.3. The van der Waals surface area contributed by atoms with Crippen molar-refractivity contribution >= 4 is 17.5 Å². The van der Waals surface area contributed by atoms with Gasteiger partial charge in [-0.2, -0.15) is 0 Å². The van der Waals surface area contributed by atoms with Crippen molar-refractivity contribution in [1.82, 2.24) is 19.9 Å². The van der Waals surface area contributed by atoms with Gasteiger partial charge in [0.05, 0.1) is 18.4 Å². The summed E-state index contributed by atoms with van der Waals surface area (Å²) in [5.41, 5.74) is 1.96. The second-order valence-corrected chi connectivity index (χ2v) is 6.15. The molecule has 136 valence electrons. The number of carbonyl (C=O) groups is 2. The molecule has 0 bridgehead atoms. The van der Waals surface area contributed by atoms with Crippen molar-refractivity contribution in [3.05, 3.63) is 72.3 Å². The summed E-state index contributed by atoms with van der Waals surface area (Å²) in [6.45, 7) is 0.901. The van der Waals surface area contributed by atoms with Crippen LogP contribution in [-0.4, -0.2) is 44.8 Å². The van der Waals surface area contributed by atoms with E-state index in [0.717, 1.165) is 5.69 Å². The third kappa shape index (κ3) is 3.41. The minimum atomic E-state index is -0.636. The molecular formula is C19H16FN5O2. The van der Waals surface area contributed by atoms with Crippen LogP contribution in [-0.2, 0) is 16.1 Å². The zero-order chi connectivity index (χ0) is 18.8. The summed E-state index contributed by atoms with van der Waals surface area (Å²) in [7, 11) is 0. The first-order valence-corrected chi connectivity index (χ1v) is 8.45. The van der Waals surface area contributed by atoms with Gasteiger partial charge in [0.1, 0.15) is 11.5 Å². The molecule has 7 nitrogen and oxygen atoms in total. The summed E-state index contributed by atoms with van der Waals surface area (Å²) in [6, 6.07) is 15.0. The normalized spacial score (nSPS) is 14.7. The molecule has 1 saturated heterocycles. The fraction of sp³-hybridized carbons (Fsp3) is 0.158. The Bertz CT molecular complexity index is 971. The summed E-state index contributed by atoms with van der Waals surface area (Å²) in [5, 5.41) is 8.15. The molecule has 4 rings (SSSR count). The second-order valence-electron chi connectivity index (χ2n) is 6.15. The highest BCUT2D eigenvalue weighted by molar-refractivity contribution is 6.40. The first-order valence-electron chi connectivity index (χ1n) is 8.45. The van der Waals surface area contributed by atoms with Gasteiger partial charge >= 0.3 is 11.8 Å². The van der Waals surface area contributed by atoms with Gasteiger partial charge in [0.2, 0.25) is 0 Å². The number of aromatic nitrogens is 3. The number of hydrogen-bond acceptors (Lipinski definition) is 4. The maximum absolute atomic E-state index is 13.1. The van der Waals surface area contributed by atoms with E-state index >= 15 is 0 Å². The Morgan fingerprint density at radius 1 is 0.889 bits per heavy atom. The van der Waals surface area contributed by atoms with Gasteiger partial charge in [0.15, 0.2) is 0 Å². The van der Waals surface area contributed by atoms with Gasteiger partial charge in [0, 0.05) is 18.8 Å². The van der Waals surface area contributed by atoms with E-state index in [-0.39, 0.29) is 6.54 Å². The van der Waals surface area contributed by atoms with Gasteiger partial charge in [-0.05, 0) is 36.4 Å². The number of nitrogens with zero attached hydrogens (tertiary/aromatic N) is 5. The quantitative estimate of drug-likeness (QED) is 0.661. The molecular weight excluding hydrogens is 349 g/mol. The van der Waals surface area contributed by atoms with E-state index < -0.39 is 17.6 Å². The van der Waals surface area contributed by atoms with E-state index in [1.165, 1.54) is 34.1 Å². The number of carbonyl (C=O) groups excluding carboxylic acids is 2. The van der Waals surface area contributed by atoms with Crippen molar-refractivity contribution in [3.8, 4) is 5.69 Å². The van der Waals surface area contributed by atoms with Crippen LogP contribution in [0.5, 0.6) is 0 Å². The van der Waals surface area contributed by atoms with Crippen LogP contribution in [0.3, 0.4) is 0 Å². The smallest absolute Gasteiger partial charge is 0.316 e. The molecule has 2 amide bonds. The van der Waals surface area contributed by atoms with Gasteiger partial charge in [-0.3, -0.25) is 9.59 Å². The fourth-order valence-electron chi connectivity index (χ4n) is 2.97. The lowest BCUT2D eigenvalue weighted by atomic mass is 10.2. The van der Waals surface area contributed by atoms with Gasteiger partial charge in [-0.15, -0.1) is 5.10 Å². The van der Waals surface area contributed by atoms with Gasteiger partial charge in [-0.1, -0.05) is 23.4 Å². The van der Waals surface area contributed by atoms with Crippen LogP contribution >= 0.6 is 0 Å². The van der Waals surface area contributed by atoms with Crippen molar-refractivity contribution in [2.75, 3.05) is 18.0 Å². The average molecular weight is 365 g/mol. The molecule has 1 fully saturated rings. The van der Waals surface area contributed by atoms with Crippen molar-refractivity contribution < 1.29 is 14.0 Å². The van der Waals surface area contributed by atoms with E-state index in [4.69, 9.17) is 0 Å². The van der Waals surface area contributed by atoms with Crippen LogP contribution in [0.25, 0.3) is 5.69 Å². The number of para-hydroxylation sites is 1. The Balaban J connectivity index is 1.46. The number of piperazine rings is 1. The Morgan fingerprint density at radius 3 is 2.37 bits per heavy atom. The van der Waals surface area contributed by atoms with Crippen LogP contribution < -0.4 is 4.90 Å². The first kappa shape index (κ1) is 16.9. The molecule has 8 heteroatoms. The third-order valence-corrected chi connectivity index (χ3v) is 4.36. The zero-order valence-corrected chi connectivity index (χ0v) is 14.3. The van der Waals surface area contributed by atoms with Crippen LogP contribution in [0.15, 0.2) is 60.8 Å². The number of rotatable bonds is 4. The summed E-state index contributed by atoms with van der Waals surface area (Å²) in [6.07, 6.45) is 1.74. The molecule has 0 saturated carbocycles. The maximum atomic E-state index is 13.1. The van der Waals surface area contributed by atoms with Crippen LogP contribution in [0.1, 0.15) is 5.69 Å². The van der Waals surface area contributed by atoms with Crippen molar-refractivity contribution in [3.63, 3.8) is 0 Å². The van der Waals surface area contributed by atoms with Gasteiger partial charge < -0.3 is 9.80 Å². The second kappa shape index (κ2) is 6.99. The van der Waals surface area contributed by atoms with E-state index in [0.29, 0.717) is 24.5 Å². The summed E-state index contributed by atoms with van der Waals surface area (Å²) >= 11 is 0. The van der Waals surface area contributed by atoms with Crippen LogP contribution in [0, 0.1) is 5.82 Å². The van der Waals surface area contributed by atoms with E-state index in [1.54, 1.807) is 10.9 Å². The minimum Gasteiger partial charge on any atom is -0.327 e.